The molecule has 3 aromatic carbocycles. The number of hydrogen-bond donors (Lipinski definition) is 2. The number of Topliss-reactive ketones (excluding diaryl/α,β-unsaturated/α-hetero) is 1. The maximum atomic E-state index is 12.2. The molecule has 0 saturated heterocycles. The lowest BCUT2D eigenvalue weighted by Gasteiger charge is -2.14. The molecule has 0 saturated carbocycles. The highest BCUT2D eigenvalue weighted by Crippen LogP contribution is 2.37. The van der Waals surface area contributed by atoms with Gasteiger partial charge in [0.05, 0.1) is 0 Å². The number of ketones is 1. The van der Waals surface area contributed by atoms with Crippen LogP contribution in [0.15, 0.2) is 60.7 Å². The minimum atomic E-state index is -1.17. The number of nitrogens with two attached hydrogens (primary N) is 1. The van der Waals surface area contributed by atoms with Gasteiger partial charge in [0.2, 0.25) is 0 Å². The van der Waals surface area contributed by atoms with E-state index in [0.29, 0.717) is 16.9 Å². The maximum absolute atomic E-state index is 12.2. The van der Waals surface area contributed by atoms with E-state index in [2.05, 4.69) is 0 Å². The first-order valence-electron chi connectivity index (χ1n) is 7.94. The smallest absolute Gasteiger partial charge is 0.341 e. The van der Waals surface area contributed by atoms with E-state index in [1.807, 2.05) is 18.2 Å². The van der Waals surface area contributed by atoms with Gasteiger partial charge in [-0.05, 0) is 30.3 Å². The molecule has 0 aromatic heterocycles. The molecule has 0 bridgehead atoms. The molecular weight excluding hydrogens is 350 g/mol. The summed E-state index contributed by atoms with van der Waals surface area (Å²) in [5.74, 6) is -2.08. The zero-order valence-corrected chi connectivity index (χ0v) is 14.0. The highest BCUT2D eigenvalue weighted by molar-refractivity contribution is 6.44. The quantitative estimate of drug-likeness (QED) is 0.491. The van der Waals surface area contributed by atoms with Crippen molar-refractivity contribution in [2.24, 2.45) is 5.73 Å². The molecule has 7 nitrogen and oxygen atoms in total. The molecule has 3 rings (SSSR count). The van der Waals surface area contributed by atoms with Crippen molar-refractivity contribution in [2.75, 3.05) is 6.61 Å². The third-order valence-electron chi connectivity index (χ3n) is 3.75. The predicted octanol–water partition coefficient (Wildman–Crippen LogP) is 2.76. The van der Waals surface area contributed by atoms with Crippen LogP contribution in [0.1, 0.15) is 10.4 Å². The first-order chi connectivity index (χ1) is 13.0. The van der Waals surface area contributed by atoms with Crippen LogP contribution in [0.2, 0.25) is 0 Å². The SMILES string of the molecule is NC(=O)C(=O)c1ccc(Oc2ccccc2)c2cccc(OCC(=O)O)c12. The lowest BCUT2D eigenvalue weighted by molar-refractivity contribution is -0.139. The monoisotopic (exact) mass is 365 g/mol. The molecule has 27 heavy (non-hydrogen) atoms. The van der Waals surface area contributed by atoms with E-state index >= 15 is 0 Å². The molecule has 0 aliphatic rings. The molecule has 0 aliphatic carbocycles. The second-order valence-electron chi connectivity index (χ2n) is 5.58. The zero-order valence-electron chi connectivity index (χ0n) is 14.0. The van der Waals surface area contributed by atoms with Gasteiger partial charge in [-0.2, -0.15) is 0 Å². The number of carboxylic acids is 1. The zero-order chi connectivity index (χ0) is 19.4. The summed E-state index contributed by atoms with van der Waals surface area (Å²) in [4.78, 5) is 34.5. The molecule has 0 unspecified atom stereocenters. The lowest BCUT2D eigenvalue weighted by Crippen LogP contribution is -2.23. The van der Waals surface area contributed by atoms with Crippen LogP contribution in [0.3, 0.4) is 0 Å². The van der Waals surface area contributed by atoms with Crippen molar-refractivity contribution in [3.8, 4) is 17.2 Å². The molecule has 136 valence electrons. The van der Waals surface area contributed by atoms with Gasteiger partial charge < -0.3 is 20.3 Å². The second kappa shape index (κ2) is 7.57. The summed E-state index contributed by atoms with van der Waals surface area (Å²) in [5.41, 5.74) is 5.15. The summed E-state index contributed by atoms with van der Waals surface area (Å²) in [6.45, 7) is -0.604. The van der Waals surface area contributed by atoms with Gasteiger partial charge in [-0.25, -0.2) is 4.79 Å². The number of aliphatic carboxylic acids is 1. The highest BCUT2D eigenvalue weighted by atomic mass is 16.5. The van der Waals surface area contributed by atoms with Gasteiger partial charge in [-0.1, -0.05) is 30.3 Å². The largest absolute Gasteiger partial charge is 0.481 e. The van der Waals surface area contributed by atoms with Crippen LogP contribution >= 0.6 is 0 Å². The minimum Gasteiger partial charge on any atom is -0.481 e. The molecule has 0 atom stereocenters. The van der Waals surface area contributed by atoms with Crippen molar-refractivity contribution in [1.82, 2.24) is 0 Å². The Labute approximate surface area is 153 Å². The number of para-hydroxylation sites is 1. The van der Waals surface area contributed by atoms with Crippen molar-refractivity contribution in [3.63, 3.8) is 0 Å². The number of primary amides is 1. The first-order valence-corrected chi connectivity index (χ1v) is 7.94. The number of amides is 1. The molecule has 0 heterocycles. The normalized spacial score (nSPS) is 10.4. The van der Waals surface area contributed by atoms with Gasteiger partial charge >= 0.3 is 5.97 Å². The fourth-order valence-electron chi connectivity index (χ4n) is 2.63. The Kier molecular flexibility index (Phi) is 5.03. The van der Waals surface area contributed by atoms with Gasteiger partial charge in [0, 0.05) is 16.3 Å². The van der Waals surface area contributed by atoms with Crippen LogP contribution < -0.4 is 15.2 Å². The fraction of sp³-hybridized carbons (Fsp3) is 0.0500. The number of carboxylic acid groups (broad SMARTS) is 1. The number of fused-ring (bicyclic) bond motifs is 1. The fourth-order valence-corrected chi connectivity index (χ4v) is 2.63. The number of carbonyl (C=O) groups excluding carboxylic acids is 2. The Hall–Kier alpha value is -3.87. The van der Waals surface area contributed by atoms with E-state index in [0.717, 1.165) is 0 Å². The van der Waals surface area contributed by atoms with Gasteiger partial charge in [-0.15, -0.1) is 0 Å². The van der Waals surface area contributed by atoms with Crippen LogP contribution in [-0.2, 0) is 9.59 Å². The van der Waals surface area contributed by atoms with Crippen molar-refractivity contribution in [2.45, 2.75) is 0 Å². The van der Waals surface area contributed by atoms with Crippen molar-refractivity contribution >= 4 is 28.4 Å². The summed E-state index contributed by atoms with van der Waals surface area (Å²) in [6, 6.07) is 16.8. The number of carbonyl (C=O) groups is 3. The van der Waals surface area contributed by atoms with E-state index in [9.17, 15) is 14.4 Å². The average molecular weight is 365 g/mol. The van der Waals surface area contributed by atoms with Gasteiger partial charge in [0.15, 0.2) is 6.61 Å². The number of benzene rings is 3. The Morgan fingerprint density at radius 2 is 1.63 bits per heavy atom. The van der Waals surface area contributed by atoms with Crippen molar-refractivity contribution in [3.05, 3.63) is 66.2 Å². The molecule has 3 aromatic rings. The summed E-state index contributed by atoms with van der Waals surface area (Å²) in [7, 11) is 0. The third-order valence-corrected chi connectivity index (χ3v) is 3.75. The molecule has 0 fully saturated rings. The number of ether oxygens (including phenoxy) is 2. The lowest BCUT2D eigenvalue weighted by atomic mass is 9.99. The second-order valence-corrected chi connectivity index (χ2v) is 5.58. The third kappa shape index (κ3) is 3.87. The Morgan fingerprint density at radius 3 is 2.30 bits per heavy atom. The van der Waals surface area contributed by atoms with Crippen LogP contribution in [-0.4, -0.2) is 29.4 Å². The molecule has 7 heteroatoms. The molecule has 0 radical (unpaired) electrons. The molecule has 0 aliphatic heterocycles. The Bertz CT molecular complexity index is 1030. The van der Waals surface area contributed by atoms with E-state index in [-0.39, 0.29) is 16.7 Å². The average Bonchev–Trinajstić information content (AvgIpc) is 2.66. The van der Waals surface area contributed by atoms with E-state index in [1.165, 1.54) is 12.1 Å². The van der Waals surface area contributed by atoms with Gasteiger partial charge in [-0.3, -0.25) is 9.59 Å². The summed E-state index contributed by atoms with van der Waals surface area (Å²) < 4.78 is 11.2. The van der Waals surface area contributed by atoms with E-state index in [4.69, 9.17) is 20.3 Å². The molecule has 1 amide bonds. The maximum Gasteiger partial charge on any atom is 0.341 e. The summed E-state index contributed by atoms with van der Waals surface area (Å²) in [5, 5.41) is 9.61. The number of rotatable bonds is 7. The topological polar surface area (TPSA) is 116 Å². The standard InChI is InChI=1S/C20H15NO6/c21-20(25)19(24)14-9-10-15(27-12-5-2-1-3-6-12)13-7-4-8-16(18(13)14)26-11-17(22)23/h1-10H,11H2,(H2,21,25)(H,22,23). The van der Waals surface area contributed by atoms with Crippen LogP contribution in [0, 0.1) is 0 Å². The molecular formula is C20H15NO6. The minimum absolute atomic E-state index is 0.0129. The highest BCUT2D eigenvalue weighted by Gasteiger charge is 2.21. The van der Waals surface area contributed by atoms with Crippen LogP contribution in [0.5, 0.6) is 17.2 Å². The van der Waals surface area contributed by atoms with Crippen LogP contribution in [0.25, 0.3) is 10.8 Å². The molecule has 0 spiro atoms. The first kappa shape index (κ1) is 17.9. The molecule has 3 N–H and O–H groups in total. The summed E-state index contributed by atoms with van der Waals surface area (Å²) >= 11 is 0. The van der Waals surface area contributed by atoms with E-state index < -0.39 is 24.3 Å². The van der Waals surface area contributed by atoms with Crippen molar-refractivity contribution in [1.29, 1.82) is 0 Å². The van der Waals surface area contributed by atoms with Crippen molar-refractivity contribution < 1.29 is 29.0 Å². The summed E-state index contributed by atoms with van der Waals surface area (Å²) in [6.07, 6.45) is 0. The Balaban J connectivity index is 2.18. The number of hydrogen-bond acceptors (Lipinski definition) is 5. The van der Waals surface area contributed by atoms with Gasteiger partial charge in [0.1, 0.15) is 17.2 Å². The van der Waals surface area contributed by atoms with Gasteiger partial charge in [0.25, 0.3) is 11.7 Å². The predicted molar refractivity (Wildman–Crippen MR) is 97.1 cm³/mol. The van der Waals surface area contributed by atoms with Crippen LogP contribution in [0.4, 0.5) is 0 Å². The van der Waals surface area contributed by atoms with E-state index in [1.54, 1.807) is 30.3 Å². The Morgan fingerprint density at radius 1 is 0.889 bits per heavy atom.